The van der Waals surface area contributed by atoms with Crippen LogP contribution in [0.5, 0.6) is 0 Å². The highest BCUT2D eigenvalue weighted by molar-refractivity contribution is 14.1. The van der Waals surface area contributed by atoms with Crippen LogP contribution in [0.1, 0.15) is 18.1 Å². The zero-order valence-electron chi connectivity index (χ0n) is 10.8. The van der Waals surface area contributed by atoms with Gasteiger partial charge in [0.1, 0.15) is 0 Å². The van der Waals surface area contributed by atoms with Crippen LogP contribution in [0.15, 0.2) is 30.3 Å². The third kappa shape index (κ3) is 6.68. The summed E-state index contributed by atoms with van der Waals surface area (Å²) in [4.78, 5) is 0. The van der Waals surface area contributed by atoms with Crippen LogP contribution in [-0.4, -0.2) is 38.0 Å². The predicted molar refractivity (Wildman–Crippen MR) is 81.3 cm³/mol. The molecule has 0 aliphatic carbocycles. The van der Waals surface area contributed by atoms with E-state index in [1.54, 1.807) is 7.11 Å². The molecule has 0 fully saturated rings. The molecular weight excluding hydrogens is 343 g/mol. The van der Waals surface area contributed by atoms with Crippen LogP contribution in [-0.2, 0) is 14.2 Å². The first kappa shape index (κ1) is 15.9. The molecule has 0 amide bonds. The molecule has 0 aliphatic rings. The lowest BCUT2D eigenvalue weighted by molar-refractivity contribution is 0.0321. The van der Waals surface area contributed by atoms with E-state index >= 15 is 0 Å². The van der Waals surface area contributed by atoms with E-state index in [0.717, 1.165) is 24.1 Å². The number of halogens is 1. The van der Waals surface area contributed by atoms with Gasteiger partial charge in [0.15, 0.2) is 0 Å². The zero-order chi connectivity index (χ0) is 13.1. The van der Waals surface area contributed by atoms with E-state index in [4.69, 9.17) is 14.2 Å². The number of hydrogen-bond acceptors (Lipinski definition) is 3. The molecule has 0 bridgehead atoms. The van der Waals surface area contributed by atoms with Crippen LogP contribution in [0.3, 0.4) is 0 Å². The minimum atomic E-state index is 0.186. The first-order valence-corrected chi connectivity index (χ1v) is 7.70. The van der Waals surface area contributed by atoms with Crippen LogP contribution < -0.4 is 0 Å². The van der Waals surface area contributed by atoms with Crippen LogP contribution >= 0.6 is 22.6 Å². The molecular formula is C14H21IO3. The predicted octanol–water partition coefficient (Wildman–Crippen LogP) is 3.23. The SMILES string of the molecule is COCCOCCCOC(CI)c1ccccc1. The normalized spacial score (nSPS) is 12.6. The molecule has 102 valence electrons. The van der Waals surface area contributed by atoms with Gasteiger partial charge in [-0.25, -0.2) is 0 Å². The van der Waals surface area contributed by atoms with E-state index < -0.39 is 0 Å². The van der Waals surface area contributed by atoms with Gasteiger partial charge in [0.25, 0.3) is 0 Å². The van der Waals surface area contributed by atoms with E-state index in [1.807, 2.05) is 18.2 Å². The smallest absolute Gasteiger partial charge is 0.0914 e. The molecule has 0 spiro atoms. The first-order valence-electron chi connectivity index (χ1n) is 6.17. The van der Waals surface area contributed by atoms with Gasteiger partial charge in [-0.1, -0.05) is 52.9 Å². The Labute approximate surface area is 123 Å². The lowest BCUT2D eigenvalue weighted by Gasteiger charge is -2.15. The van der Waals surface area contributed by atoms with Gasteiger partial charge in [0.05, 0.1) is 19.3 Å². The number of ether oxygens (including phenoxy) is 3. The fraction of sp³-hybridized carbons (Fsp3) is 0.571. The van der Waals surface area contributed by atoms with Crippen molar-refractivity contribution in [3.8, 4) is 0 Å². The van der Waals surface area contributed by atoms with E-state index in [-0.39, 0.29) is 6.10 Å². The van der Waals surface area contributed by atoms with Crippen molar-refractivity contribution in [2.24, 2.45) is 0 Å². The maximum atomic E-state index is 5.87. The van der Waals surface area contributed by atoms with Gasteiger partial charge in [-0.15, -0.1) is 0 Å². The molecule has 0 aromatic heterocycles. The summed E-state index contributed by atoms with van der Waals surface area (Å²) < 4.78 is 17.1. The van der Waals surface area contributed by atoms with Crippen molar-refractivity contribution in [1.82, 2.24) is 0 Å². The quantitative estimate of drug-likeness (QED) is 0.363. The monoisotopic (exact) mass is 364 g/mol. The van der Waals surface area contributed by atoms with Gasteiger partial charge in [-0.3, -0.25) is 0 Å². The fourth-order valence-corrected chi connectivity index (χ4v) is 2.29. The minimum Gasteiger partial charge on any atom is -0.382 e. The van der Waals surface area contributed by atoms with Crippen molar-refractivity contribution in [3.63, 3.8) is 0 Å². The second-order valence-electron chi connectivity index (χ2n) is 3.88. The maximum absolute atomic E-state index is 5.87. The van der Waals surface area contributed by atoms with Crippen molar-refractivity contribution in [1.29, 1.82) is 0 Å². The number of benzene rings is 1. The van der Waals surface area contributed by atoms with Gasteiger partial charge >= 0.3 is 0 Å². The Hall–Kier alpha value is -0.170. The summed E-state index contributed by atoms with van der Waals surface area (Å²) >= 11 is 2.36. The Kier molecular flexibility index (Phi) is 9.47. The lowest BCUT2D eigenvalue weighted by Crippen LogP contribution is -2.09. The summed E-state index contributed by atoms with van der Waals surface area (Å²) in [6, 6.07) is 10.3. The Bertz CT molecular complexity index is 292. The van der Waals surface area contributed by atoms with Crippen molar-refractivity contribution < 1.29 is 14.2 Å². The van der Waals surface area contributed by atoms with Gasteiger partial charge in [0, 0.05) is 24.8 Å². The molecule has 0 aliphatic heterocycles. The van der Waals surface area contributed by atoms with Crippen LogP contribution in [0.4, 0.5) is 0 Å². The molecule has 1 rings (SSSR count). The van der Waals surface area contributed by atoms with E-state index in [0.29, 0.717) is 13.2 Å². The molecule has 0 heterocycles. The average molecular weight is 364 g/mol. The Balaban J connectivity index is 2.13. The Morgan fingerprint density at radius 1 is 1.06 bits per heavy atom. The highest BCUT2D eigenvalue weighted by atomic mass is 127. The second kappa shape index (κ2) is 10.7. The zero-order valence-corrected chi connectivity index (χ0v) is 13.0. The highest BCUT2D eigenvalue weighted by Crippen LogP contribution is 2.19. The molecule has 1 atom stereocenters. The molecule has 18 heavy (non-hydrogen) atoms. The topological polar surface area (TPSA) is 27.7 Å². The van der Waals surface area contributed by atoms with Gasteiger partial charge in [-0.2, -0.15) is 0 Å². The van der Waals surface area contributed by atoms with Crippen molar-refractivity contribution >= 4 is 22.6 Å². The molecule has 4 heteroatoms. The molecule has 1 aromatic rings. The van der Waals surface area contributed by atoms with E-state index in [2.05, 4.69) is 34.7 Å². The number of rotatable bonds is 10. The van der Waals surface area contributed by atoms with E-state index in [9.17, 15) is 0 Å². The number of methoxy groups -OCH3 is 1. The number of alkyl halides is 1. The maximum Gasteiger partial charge on any atom is 0.0914 e. The van der Waals surface area contributed by atoms with Crippen molar-refractivity contribution in [3.05, 3.63) is 35.9 Å². The van der Waals surface area contributed by atoms with Gasteiger partial charge < -0.3 is 14.2 Å². The van der Waals surface area contributed by atoms with E-state index in [1.165, 1.54) is 5.56 Å². The minimum absolute atomic E-state index is 0.186. The third-order valence-corrected chi connectivity index (χ3v) is 3.30. The third-order valence-electron chi connectivity index (χ3n) is 2.50. The lowest BCUT2D eigenvalue weighted by atomic mass is 10.1. The summed E-state index contributed by atoms with van der Waals surface area (Å²) in [5.41, 5.74) is 1.24. The van der Waals surface area contributed by atoms with Crippen LogP contribution in [0.2, 0.25) is 0 Å². The molecule has 3 nitrogen and oxygen atoms in total. The summed E-state index contributed by atoms with van der Waals surface area (Å²) in [6.07, 6.45) is 1.11. The molecule has 0 N–H and O–H groups in total. The standard InChI is InChI=1S/C14H21IO3/c1-16-10-11-17-8-5-9-18-14(12-15)13-6-3-2-4-7-13/h2-4,6-7,14H,5,8-12H2,1H3. The molecule has 1 unspecified atom stereocenters. The van der Waals surface area contributed by atoms with Crippen LogP contribution in [0.25, 0.3) is 0 Å². The van der Waals surface area contributed by atoms with Crippen molar-refractivity contribution in [2.75, 3.05) is 38.0 Å². The van der Waals surface area contributed by atoms with Crippen molar-refractivity contribution in [2.45, 2.75) is 12.5 Å². The summed E-state index contributed by atoms with van der Waals surface area (Å²) in [6.45, 7) is 2.77. The molecule has 0 radical (unpaired) electrons. The van der Waals surface area contributed by atoms with Crippen LogP contribution in [0, 0.1) is 0 Å². The average Bonchev–Trinajstić information content (AvgIpc) is 2.43. The molecule has 0 saturated carbocycles. The second-order valence-corrected chi connectivity index (χ2v) is 4.76. The number of hydrogen-bond donors (Lipinski definition) is 0. The highest BCUT2D eigenvalue weighted by Gasteiger charge is 2.09. The van der Waals surface area contributed by atoms with Gasteiger partial charge in [-0.05, 0) is 12.0 Å². The largest absolute Gasteiger partial charge is 0.382 e. The first-order chi connectivity index (χ1) is 8.88. The molecule has 0 saturated heterocycles. The summed E-state index contributed by atoms with van der Waals surface area (Å²) in [5.74, 6) is 0. The molecule has 1 aromatic carbocycles. The summed E-state index contributed by atoms with van der Waals surface area (Å²) in [7, 11) is 1.68. The fourth-order valence-electron chi connectivity index (χ4n) is 1.53. The van der Waals surface area contributed by atoms with Gasteiger partial charge in [0.2, 0.25) is 0 Å². The Morgan fingerprint density at radius 3 is 2.50 bits per heavy atom. The summed E-state index contributed by atoms with van der Waals surface area (Å²) in [5, 5.41) is 0. The Morgan fingerprint density at radius 2 is 1.83 bits per heavy atom.